The molecule has 19 heavy (non-hydrogen) atoms. The van der Waals surface area contributed by atoms with Crippen molar-refractivity contribution < 1.29 is 4.43 Å². The standard InChI is InChI=1S/C15H19BrOSSi/c1-15(17-19(2,3)4,13-8-9-18-11-13)12-6-5-7-14(16)10-12/h5-11H,1-4H3. The summed E-state index contributed by atoms with van der Waals surface area (Å²) in [6, 6.07) is 10.6. The van der Waals surface area contributed by atoms with Crippen molar-refractivity contribution in [3.05, 3.63) is 56.7 Å². The monoisotopic (exact) mass is 354 g/mol. The minimum absolute atomic E-state index is 0.367. The number of rotatable bonds is 4. The molecule has 0 amide bonds. The predicted molar refractivity (Wildman–Crippen MR) is 89.3 cm³/mol. The second-order valence-electron chi connectivity index (χ2n) is 5.77. The van der Waals surface area contributed by atoms with Gasteiger partial charge >= 0.3 is 0 Å². The molecule has 0 spiro atoms. The summed E-state index contributed by atoms with van der Waals surface area (Å²) in [6.07, 6.45) is 0. The van der Waals surface area contributed by atoms with Gasteiger partial charge in [-0.1, -0.05) is 28.1 Å². The van der Waals surface area contributed by atoms with Crippen molar-refractivity contribution in [1.29, 1.82) is 0 Å². The maximum absolute atomic E-state index is 6.54. The SMILES string of the molecule is CC(O[Si](C)(C)C)(c1ccsc1)c1cccc(Br)c1. The molecule has 1 aromatic heterocycles. The number of hydrogen-bond acceptors (Lipinski definition) is 2. The Balaban J connectivity index is 2.51. The molecule has 1 heterocycles. The fourth-order valence-electron chi connectivity index (χ4n) is 2.22. The quantitative estimate of drug-likeness (QED) is 0.646. The van der Waals surface area contributed by atoms with E-state index in [2.05, 4.69) is 77.5 Å². The second kappa shape index (κ2) is 5.52. The highest BCUT2D eigenvalue weighted by atomic mass is 79.9. The lowest BCUT2D eigenvalue weighted by molar-refractivity contribution is 0.124. The fourth-order valence-corrected chi connectivity index (χ4v) is 4.83. The largest absolute Gasteiger partial charge is 0.404 e. The normalized spacial score (nSPS) is 15.2. The van der Waals surface area contributed by atoms with Crippen molar-refractivity contribution in [2.45, 2.75) is 32.2 Å². The molecule has 0 saturated heterocycles. The van der Waals surface area contributed by atoms with Crippen molar-refractivity contribution in [3.8, 4) is 0 Å². The van der Waals surface area contributed by atoms with Crippen LogP contribution in [0.1, 0.15) is 18.1 Å². The summed E-state index contributed by atoms with van der Waals surface area (Å²) in [6.45, 7) is 8.87. The molecule has 102 valence electrons. The van der Waals surface area contributed by atoms with Crippen molar-refractivity contribution in [2.75, 3.05) is 0 Å². The van der Waals surface area contributed by atoms with Crippen LogP contribution in [0.25, 0.3) is 0 Å². The van der Waals surface area contributed by atoms with Crippen LogP contribution in [0.4, 0.5) is 0 Å². The summed E-state index contributed by atoms with van der Waals surface area (Å²) in [4.78, 5) is 0. The van der Waals surface area contributed by atoms with E-state index in [1.807, 2.05) is 6.07 Å². The zero-order valence-electron chi connectivity index (χ0n) is 11.7. The minimum Gasteiger partial charge on any atom is -0.404 e. The van der Waals surface area contributed by atoms with Gasteiger partial charge in [-0.15, -0.1) is 0 Å². The topological polar surface area (TPSA) is 9.23 Å². The van der Waals surface area contributed by atoms with E-state index in [-0.39, 0.29) is 5.60 Å². The van der Waals surface area contributed by atoms with Gasteiger partial charge in [0.15, 0.2) is 8.32 Å². The maximum atomic E-state index is 6.54. The van der Waals surface area contributed by atoms with E-state index in [4.69, 9.17) is 4.43 Å². The summed E-state index contributed by atoms with van der Waals surface area (Å²) in [5.41, 5.74) is 2.06. The Morgan fingerprint density at radius 1 is 1.16 bits per heavy atom. The first kappa shape index (κ1) is 15.0. The van der Waals surface area contributed by atoms with Gasteiger partial charge in [0.05, 0.1) is 0 Å². The van der Waals surface area contributed by atoms with Crippen LogP contribution in [0.5, 0.6) is 0 Å². The first-order valence-electron chi connectivity index (χ1n) is 6.30. The van der Waals surface area contributed by atoms with Gasteiger partial charge in [0, 0.05) is 4.47 Å². The van der Waals surface area contributed by atoms with Gasteiger partial charge in [-0.2, -0.15) is 11.3 Å². The molecule has 0 aliphatic carbocycles. The van der Waals surface area contributed by atoms with Gasteiger partial charge in [0.2, 0.25) is 0 Å². The first-order valence-corrected chi connectivity index (χ1v) is 11.4. The zero-order chi connectivity index (χ0) is 14.1. The van der Waals surface area contributed by atoms with E-state index in [1.54, 1.807) is 11.3 Å². The third-order valence-electron chi connectivity index (χ3n) is 2.96. The Kier molecular flexibility index (Phi) is 4.35. The van der Waals surface area contributed by atoms with E-state index >= 15 is 0 Å². The van der Waals surface area contributed by atoms with Crippen LogP contribution < -0.4 is 0 Å². The minimum atomic E-state index is -1.66. The summed E-state index contributed by atoms with van der Waals surface area (Å²) in [5, 5.41) is 4.29. The molecule has 2 rings (SSSR count). The molecule has 1 aromatic carbocycles. The Morgan fingerprint density at radius 3 is 2.42 bits per heavy atom. The van der Waals surface area contributed by atoms with Crippen molar-refractivity contribution >= 4 is 35.6 Å². The van der Waals surface area contributed by atoms with E-state index in [0.717, 1.165) is 4.47 Å². The van der Waals surface area contributed by atoms with E-state index in [1.165, 1.54) is 11.1 Å². The second-order valence-corrected chi connectivity index (χ2v) is 11.9. The van der Waals surface area contributed by atoms with E-state index in [9.17, 15) is 0 Å². The van der Waals surface area contributed by atoms with Crippen LogP contribution in [0.15, 0.2) is 45.6 Å². The van der Waals surface area contributed by atoms with Crippen LogP contribution in [0, 0.1) is 0 Å². The van der Waals surface area contributed by atoms with Crippen LogP contribution in [-0.4, -0.2) is 8.32 Å². The maximum Gasteiger partial charge on any atom is 0.185 e. The summed E-state index contributed by atoms with van der Waals surface area (Å²) in [5.74, 6) is 0. The molecular weight excluding hydrogens is 336 g/mol. The van der Waals surface area contributed by atoms with E-state index in [0.29, 0.717) is 0 Å². The lowest BCUT2D eigenvalue weighted by Crippen LogP contribution is -2.39. The van der Waals surface area contributed by atoms with Crippen LogP contribution in [-0.2, 0) is 10.0 Å². The number of hydrogen-bond donors (Lipinski definition) is 0. The Morgan fingerprint density at radius 2 is 1.89 bits per heavy atom. The van der Waals surface area contributed by atoms with Gasteiger partial charge in [0.25, 0.3) is 0 Å². The van der Waals surface area contributed by atoms with E-state index < -0.39 is 8.32 Å². The van der Waals surface area contributed by atoms with Crippen molar-refractivity contribution in [3.63, 3.8) is 0 Å². The lowest BCUT2D eigenvalue weighted by atomic mass is 9.90. The third kappa shape index (κ3) is 3.57. The predicted octanol–water partition coefficient (Wildman–Crippen LogP) is 5.63. The third-order valence-corrected chi connectivity index (χ3v) is 5.15. The molecule has 0 fully saturated rings. The molecule has 0 radical (unpaired) electrons. The highest BCUT2D eigenvalue weighted by molar-refractivity contribution is 9.10. The smallest absolute Gasteiger partial charge is 0.185 e. The van der Waals surface area contributed by atoms with Gasteiger partial charge in [-0.25, -0.2) is 0 Å². The number of benzene rings is 1. The van der Waals surface area contributed by atoms with Crippen LogP contribution in [0.3, 0.4) is 0 Å². The molecule has 0 aliphatic rings. The van der Waals surface area contributed by atoms with Gasteiger partial charge in [-0.3, -0.25) is 0 Å². The zero-order valence-corrected chi connectivity index (χ0v) is 15.1. The summed E-state index contributed by atoms with van der Waals surface area (Å²) < 4.78 is 7.62. The Bertz CT molecular complexity index is 548. The van der Waals surface area contributed by atoms with Crippen molar-refractivity contribution in [1.82, 2.24) is 0 Å². The molecule has 0 saturated carbocycles. The van der Waals surface area contributed by atoms with Crippen molar-refractivity contribution in [2.24, 2.45) is 0 Å². The molecule has 4 heteroatoms. The highest BCUT2D eigenvalue weighted by Crippen LogP contribution is 2.38. The fraction of sp³-hybridized carbons (Fsp3) is 0.333. The molecule has 0 N–H and O–H groups in total. The Hall–Kier alpha value is -0.423. The van der Waals surface area contributed by atoms with Gasteiger partial charge < -0.3 is 4.43 Å². The highest BCUT2D eigenvalue weighted by Gasteiger charge is 2.35. The van der Waals surface area contributed by atoms with Gasteiger partial charge in [0.1, 0.15) is 5.60 Å². The first-order chi connectivity index (χ1) is 8.81. The molecular formula is C15H19BrOSSi. The average molecular weight is 355 g/mol. The summed E-state index contributed by atoms with van der Waals surface area (Å²) >= 11 is 5.27. The Labute approximate surface area is 128 Å². The van der Waals surface area contributed by atoms with Gasteiger partial charge in [-0.05, 0) is 66.7 Å². The molecule has 1 unspecified atom stereocenters. The van der Waals surface area contributed by atoms with Crippen LogP contribution >= 0.6 is 27.3 Å². The molecule has 1 atom stereocenters. The molecule has 0 aliphatic heterocycles. The molecule has 1 nitrogen and oxygen atoms in total. The summed E-state index contributed by atoms with van der Waals surface area (Å²) in [7, 11) is -1.66. The molecule has 2 aromatic rings. The number of thiophene rings is 1. The number of halogens is 1. The lowest BCUT2D eigenvalue weighted by Gasteiger charge is -2.36. The average Bonchev–Trinajstić information content (AvgIpc) is 2.80. The molecule has 0 bridgehead atoms. The van der Waals surface area contributed by atoms with Crippen LogP contribution in [0.2, 0.25) is 19.6 Å².